The van der Waals surface area contributed by atoms with E-state index in [9.17, 15) is 36.9 Å². The van der Waals surface area contributed by atoms with Crippen molar-refractivity contribution in [2.45, 2.75) is 23.5 Å². The number of alkyl halides is 3. The fraction of sp³-hybridized carbons (Fsp3) is 0.200. The normalized spacial score (nSPS) is 13.0. The van der Waals surface area contributed by atoms with Crippen molar-refractivity contribution >= 4 is 39.1 Å². The summed E-state index contributed by atoms with van der Waals surface area (Å²) in [6.07, 6.45) is -3.90. The van der Waals surface area contributed by atoms with Gasteiger partial charge in [-0.05, 0) is 23.8 Å². The van der Waals surface area contributed by atoms with Gasteiger partial charge in [0.1, 0.15) is 11.7 Å². The van der Waals surface area contributed by atoms with E-state index in [4.69, 9.17) is 0 Å². The molecule has 210 valence electrons. The second kappa shape index (κ2) is 11.5. The van der Waals surface area contributed by atoms with E-state index in [0.29, 0.717) is 15.0 Å². The number of benzene rings is 2. The predicted molar refractivity (Wildman–Crippen MR) is 141 cm³/mol. The van der Waals surface area contributed by atoms with Crippen LogP contribution in [0.3, 0.4) is 0 Å². The first-order valence-corrected chi connectivity index (χ1v) is 13.8. The minimum absolute atomic E-state index is 0.0778. The SMILES string of the molecule is COC(=O)c1csc(NC(=O)C(Cc2ccccc2C(F)(F)F)n2c(O)c(-c3ccc([S@](C)=O)cc3)[nH]c2=O)n1. The Bertz CT molecular complexity index is 1640. The van der Waals surface area contributed by atoms with Gasteiger partial charge in [-0.15, -0.1) is 11.3 Å². The number of aromatic nitrogens is 3. The standard InChI is InChI=1S/C25H21F3N4O6S2/c1-38-22(35)17-12-39-23(29-17)31-20(33)18(11-14-5-3-4-6-16(14)25(26,27)28)32-21(34)19(30-24(32)36)13-7-9-15(10-8-13)40(2)37/h3-10,12,18,34H,11H2,1-2H3,(H,30,36)(H,29,31,33)/t18?,40-/m0/s1. The molecule has 0 saturated carbocycles. The van der Waals surface area contributed by atoms with Crippen LogP contribution in [0.15, 0.2) is 63.6 Å². The molecule has 0 aliphatic carbocycles. The van der Waals surface area contributed by atoms with Gasteiger partial charge in [-0.1, -0.05) is 30.3 Å². The number of imidazole rings is 1. The highest BCUT2D eigenvalue weighted by Crippen LogP contribution is 2.35. The van der Waals surface area contributed by atoms with Crippen LogP contribution < -0.4 is 11.0 Å². The van der Waals surface area contributed by atoms with Crippen LogP contribution in [0.25, 0.3) is 11.3 Å². The van der Waals surface area contributed by atoms with Gasteiger partial charge in [-0.25, -0.2) is 19.1 Å². The number of H-pyrrole nitrogens is 1. The molecule has 0 aliphatic heterocycles. The summed E-state index contributed by atoms with van der Waals surface area (Å²) in [6, 6.07) is 8.91. The lowest BCUT2D eigenvalue weighted by molar-refractivity contribution is -0.138. The number of aromatic amines is 1. The average Bonchev–Trinajstić information content (AvgIpc) is 3.50. The summed E-state index contributed by atoms with van der Waals surface area (Å²) < 4.78 is 58.1. The molecule has 0 aliphatic rings. The molecule has 0 bridgehead atoms. The third kappa shape index (κ3) is 5.99. The van der Waals surface area contributed by atoms with Gasteiger partial charge in [0.05, 0.1) is 12.7 Å². The topological polar surface area (TPSA) is 143 Å². The molecule has 1 unspecified atom stereocenters. The van der Waals surface area contributed by atoms with E-state index in [-0.39, 0.29) is 22.1 Å². The molecule has 40 heavy (non-hydrogen) atoms. The number of nitrogens with one attached hydrogen (secondary N) is 2. The van der Waals surface area contributed by atoms with Crippen LogP contribution in [0.1, 0.15) is 27.7 Å². The van der Waals surface area contributed by atoms with Crippen LogP contribution in [0.4, 0.5) is 18.3 Å². The Labute approximate surface area is 230 Å². The van der Waals surface area contributed by atoms with Gasteiger partial charge in [0.2, 0.25) is 11.8 Å². The lowest BCUT2D eigenvalue weighted by atomic mass is 9.99. The molecule has 0 fully saturated rings. The number of anilines is 1. The first kappa shape index (κ1) is 28.8. The van der Waals surface area contributed by atoms with Crippen molar-refractivity contribution in [1.29, 1.82) is 0 Å². The molecular formula is C25H21F3N4O6S2. The minimum atomic E-state index is -4.75. The van der Waals surface area contributed by atoms with Gasteiger partial charge in [0.15, 0.2) is 10.8 Å². The maximum absolute atomic E-state index is 13.7. The van der Waals surface area contributed by atoms with E-state index in [1.165, 1.54) is 54.1 Å². The summed E-state index contributed by atoms with van der Waals surface area (Å²) in [5.74, 6) is -2.44. The molecule has 1 amide bonds. The van der Waals surface area contributed by atoms with Gasteiger partial charge < -0.3 is 20.1 Å². The summed E-state index contributed by atoms with van der Waals surface area (Å²) in [4.78, 5) is 45.1. The van der Waals surface area contributed by atoms with E-state index in [1.54, 1.807) is 0 Å². The second-order valence-electron chi connectivity index (χ2n) is 8.37. The Morgan fingerprint density at radius 1 is 1.20 bits per heavy atom. The summed E-state index contributed by atoms with van der Waals surface area (Å²) in [7, 11) is -0.143. The highest BCUT2D eigenvalue weighted by atomic mass is 32.2. The van der Waals surface area contributed by atoms with Gasteiger partial charge in [0, 0.05) is 39.3 Å². The molecule has 2 atom stereocenters. The molecule has 4 aromatic rings. The first-order valence-electron chi connectivity index (χ1n) is 11.4. The van der Waals surface area contributed by atoms with Crippen LogP contribution >= 0.6 is 11.3 Å². The third-order valence-corrected chi connectivity index (χ3v) is 7.55. The van der Waals surface area contributed by atoms with E-state index in [0.717, 1.165) is 24.5 Å². The number of carbonyl (C=O) groups excluding carboxylic acids is 2. The molecule has 2 heterocycles. The Morgan fingerprint density at radius 3 is 2.50 bits per heavy atom. The van der Waals surface area contributed by atoms with Crippen LogP contribution in [0.5, 0.6) is 5.88 Å². The molecule has 10 nitrogen and oxygen atoms in total. The van der Waals surface area contributed by atoms with E-state index >= 15 is 0 Å². The van der Waals surface area contributed by atoms with Crippen LogP contribution in [0, 0.1) is 0 Å². The zero-order chi connectivity index (χ0) is 29.2. The molecule has 2 aromatic carbocycles. The summed E-state index contributed by atoms with van der Waals surface area (Å²) in [5.41, 5.74) is -2.17. The Kier molecular flexibility index (Phi) is 8.25. The van der Waals surface area contributed by atoms with E-state index < -0.39 is 58.4 Å². The fourth-order valence-electron chi connectivity index (χ4n) is 3.95. The number of hydrogen-bond donors (Lipinski definition) is 3. The quantitative estimate of drug-likeness (QED) is 0.262. The molecule has 2 aromatic heterocycles. The number of ether oxygens (including phenoxy) is 1. The van der Waals surface area contributed by atoms with Crippen LogP contribution in [0.2, 0.25) is 0 Å². The zero-order valence-corrected chi connectivity index (χ0v) is 22.4. The van der Waals surface area contributed by atoms with Gasteiger partial charge >= 0.3 is 17.8 Å². The van der Waals surface area contributed by atoms with Gasteiger partial charge in [-0.3, -0.25) is 9.00 Å². The molecule has 0 spiro atoms. The van der Waals surface area contributed by atoms with E-state index in [1.807, 2.05) is 0 Å². The second-order valence-corrected chi connectivity index (χ2v) is 10.6. The number of nitrogens with zero attached hydrogens (tertiary/aromatic N) is 2. The van der Waals surface area contributed by atoms with Crippen LogP contribution in [-0.4, -0.2) is 49.1 Å². The smallest absolute Gasteiger partial charge is 0.416 e. The molecule has 0 saturated heterocycles. The summed E-state index contributed by atoms with van der Waals surface area (Å²) in [6.45, 7) is 0. The maximum Gasteiger partial charge on any atom is 0.416 e. The van der Waals surface area contributed by atoms with Gasteiger partial charge in [-0.2, -0.15) is 13.2 Å². The van der Waals surface area contributed by atoms with Crippen molar-refractivity contribution in [2.75, 3.05) is 18.7 Å². The van der Waals surface area contributed by atoms with Crippen molar-refractivity contribution in [3.8, 4) is 17.1 Å². The lowest BCUT2D eigenvalue weighted by Gasteiger charge is -2.20. The summed E-state index contributed by atoms with van der Waals surface area (Å²) >= 11 is 0.855. The third-order valence-electron chi connectivity index (χ3n) is 5.86. The number of amides is 1. The molecule has 15 heteroatoms. The van der Waals surface area contributed by atoms with Crippen molar-refractivity contribution in [1.82, 2.24) is 14.5 Å². The molecule has 4 rings (SSSR count). The lowest BCUT2D eigenvalue weighted by Crippen LogP contribution is -2.34. The zero-order valence-electron chi connectivity index (χ0n) is 20.8. The Hall–Kier alpha value is -4.24. The number of aromatic hydroxyl groups is 1. The molecule has 0 radical (unpaired) electrons. The first-order chi connectivity index (χ1) is 18.9. The monoisotopic (exact) mass is 594 g/mol. The molecular weight excluding hydrogens is 573 g/mol. The number of carbonyl (C=O) groups is 2. The van der Waals surface area contributed by atoms with Gasteiger partial charge in [0.25, 0.3) is 0 Å². The number of esters is 1. The Morgan fingerprint density at radius 2 is 1.88 bits per heavy atom. The number of methoxy groups -OCH3 is 1. The Balaban J connectivity index is 1.78. The average molecular weight is 595 g/mol. The fourth-order valence-corrected chi connectivity index (χ4v) is 5.15. The molecule has 3 N–H and O–H groups in total. The van der Waals surface area contributed by atoms with Crippen molar-refractivity contribution < 1.29 is 36.8 Å². The number of halogens is 3. The number of thiazole rings is 1. The number of rotatable bonds is 8. The maximum atomic E-state index is 13.7. The highest BCUT2D eigenvalue weighted by Gasteiger charge is 2.36. The van der Waals surface area contributed by atoms with Crippen LogP contribution in [-0.2, 0) is 32.9 Å². The van der Waals surface area contributed by atoms with Crippen molar-refractivity contribution in [2.24, 2.45) is 0 Å². The predicted octanol–water partition coefficient (Wildman–Crippen LogP) is 3.97. The summed E-state index contributed by atoms with van der Waals surface area (Å²) in [5, 5.41) is 14.7. The highest BCUT2D eigenvalue weighted by molar-refractivity contribution is 7.84. The van der Waals surface area contributed by atoms with Crippen molar-refractivity contribution in [3.05, 3.63) is 81.2 Å². The largest absolute Gasteiger partial charge is 0.493 e. The minimum Gasteiger partial charge on any atom is -0.493 e. The van der Waals surface area contributed by atoms with E-state index in [2.05, 4.69) is 20.0 Å². The number of hydrogen-bond acceptors (Lipinski definition) is 8. The van der Waals surface area contributed by atoms with Crippen molar-refractivity contribution in [3.63, 3.8) is 0 Å².